The highest BCUT2D eigenvalue weighted by atomic mass is 31.2. The van der Waals surface area contributed by atoms with Crippen molar-refractivity contribution in [3.8, 4) is 0 Å². The van der Waals surface area contributed by atoms with Gasteiger partial charge >= 0.3 is 19.8 Å². The first-order valence-corrected chi connectivity index (χ1v) is 18.3. The summed E-state index contributed by atoms with van der Waals surface area (Å²) in [5, 5.41) is 0. The van der Waals surface area contributed by atoms with E-state index in [4.69, 9.17) is 24.3 Å². The summed E-state index contributed by atoms with van der Waals surface area (Å²) in [6.07, 6.45) is 27.8. The molecule has 0 spiro atoms. The molecule has 0 fully saturated rings. The maximum Gasteiger partial charge on any atom is 0.472 e. The monoisotopic (exact) mass is 631 g/mol. The van der Waals surface area contributed by atoms with Crippen LogP contribution in [0.2, 0.25) is 0 Å². The van der Waals surface area contributed by atoms with E-state index in [1.54, 1.807) is 0 Å². The minimum absolute atomic E-state index is 0.0513. The van der Waals surface area contributed by atoms with E-state index in [9.17, 15) is 19.0 Å². The molecule has 2 atom stereocenters. The number of carbonyl (C=O) groups is 2. The Morgan fingerprint density at radius 1 is 0.674 bits per heavy atom. The van der Waals surface area contributed by atoms with Gasteiger partial charge in [-0.3, -0.25) is 18.6 Å². The molecule has 0 aromatic carbocycles. The average Bonchev–Trinajstić information content (AvgIpc) is 2.99. The molecule has 0 aliphatic heterocycles. The first-order valence-electron chi connectivity index (χ1n) is 16.8. The van der Waals surface area contributed by atoms with Gasteiger partial charge in [-0.05, 0) is 51.4 Å². The maximum atomic E-state index is 12.4. The third-order valence-corrected chi connectivity index (χ3v) is 7.79. The van der Waals surface area contributed by atoms with Crippen LogP contribution in [0.1, 0.15) is 142 Å². The Morgan fingerprint density at radius 2 is 1.14 bits per heavy atom. The van der Waals surface area contributed by atoms with E-state index in [1.807, 2.05) is 0 Å². The van der Waals surface area contributed by atoms with Gasteiger partial charge in [-0.25, -0.2) is 4.57 Å². The lowest BCUT2D eigenvalue weighted by molar-refractivity contribution is -0.161. The molecule has 10 heteroatoms. The van der Waals surface area contributed by atoms with Crippen LogP contribution < -0.4 is 5.73 Å². The summed E-state index contributed by atoms with van der Waals surface area (Å²) in [5.74, 6) is -0.856. The molecule has 9 nitrogen and oxygen atoms in total. The van der Waals surface area contributed by atoms with Gasteiger partial charge in [0.2, 0.25) is 0 Å². The van der Waals surface area contributed by atoms with Crippen LogP contribution in [-0.4, -0.2) is 49.3 Å². The van der Waals surface area contributed by atoms with E-state index in [2.05, 4.69) is 38.2 Å². The quantitative estimate of drug-likeness (QED) is 0.0334. The van der Waals surface area contributed by atoms with Crippen LogP contribution in [0.15, 0.2) is 24.3 Å². The largest absolute Gasteiger partial charge is 0.472 e. The minimum atomic E-state index is -4.36. The molecule has 0 amide bonds. The van der Waals surface area contributed by atoms with Crippen LogP contribution in [0.4, 0.5) is 0 Å². The topological polar surface area (TPSA) is 134 Å². The SMILES string of the molecule is CCCC/C=C\CCCCCCCC(=O)OCC(COP(=O)(O)OCCN)OC(=O)CCCCCCC/C=C\CCCC. The Hall–Kier alpha value is -1.51. The number of esters is 2. The molecule has 0 rings (SSSR count). The molecular formula is C33H62NO8P. The predicted octanol–water partition coefficient (Wildman–Crippen LogP) is 8.49. The van der Waals surface area contributed by atoms with Crippen molar-refractivity contribution in [2.45, 2.75) is 148 Å². The number of allylic oxidation sites excluding steroid dienone is 4. The highest BCUT2D eigenvalue weighted by molar-refractivity contribution is 7.47. The van der Waals surface area contributed by atoms with Crippen LogP contribution in [0.25, 0.3) is 0 Å². The van der Waals surface area contributed by atoms with Crippen LogP contribution >= 0.6 is 7.82 Å². The number of hydrogen-bond donors (Lipinski definition) is 2. The van der Waals surface area contributed by atoms with Crippen molar-refractivity contribution in [1.29, 1.82) is 0 Å². The Morgan fingerprint density at radius 3 is 1.65 bits per heavy atom. The molecule has 252 valence electrons. The Kier molecular flexibility index (Phi) is 29.4. The second-order valence-corrected chi connectivity index (χ2v) is 12.5. The number of phosphoric acid groups is 1. The molecular weight excluding hydrogens is 569 g/mol. The van der Waals surface area contributed by atoms with Gasteiger partial charge in [-0.1, -0.05) is 102 Å². The summed E-state index contributed by atoms with van der Waals surface area (Å²) < 4.78 is 32.5. The minimum Gasteiger partial charge on any atom is -0.462 e. The molecule has 0 aliphatic carbocycles. The molecule has 0 bridgehead atoms. The Bertz CT molecular complexity index is 774. The van der Waals surface area contributed by atoms with Crippen LogP contribution in [-0.2, 0) is 32.7 Å². The van der Waals surface area contributed by atoms with Crippen molar-refractivity contribution in [1.82, 2.24) is 0 Å². The van der Waals surface area contributed by atoms with Gasteiger partial charge in [0.15, 0.2) is 6.10 Å². The van der Waals surface area contributed by atoms with E-state index in [0.29, 0.717) is 6.42 Å². The number of rotatable bonds is 31. The van der Waals surface area contributed by atoms with Crippen LogP contribution in [0.5, 0.6) is 0 Å². The van der Waals surface area contributed by atoms with E-state index < -0.39 is 32.5 Å². The third kappa shape index (κ3) is 30.3. The van der Waals surface area contributed by atoms with Crippen molar-refractivity contribution in [2.24, 2.45) is 5.73 Å². The lowest BCUT2D eigenvalue weighted by Gasteiger charge is -2.19. The molecule has 0 heterocycles. The summed E-state index contributed by atoms with van der Waals surface area (Å²) in [4.78, 5) is 34.5. The molecule has 0 aromatic rings. The van der Waals surface area contributed by atoms with Crippen molar-refractivity contribution in [2.75, 3.05) is 26.4 Å². The fourth-order valence-electron chi connectivity index (χ4n) is 4.24. The van der Waals surface area contributed by atoms with Crippen molar-refractivity contribution >= 4 is 19.8 Å². The Labute approximate surface area is 261 Å². The summed E-state index contributed by atoms with van der Waals surface area (Å²) in [6, 6.07) is 0. The number of unbranched alkanes of at least 4 members (excludes halogenated alkanes) is 14. The van der Waals surface area contributed by atoms with Gasteiger partial charge in [0.1, 0.15) is 6.61 Å². The van der Waals surface area contributed by atoms with E-state index in [-0.39, 0.29) is 32.6 Å². The molecule has 0 radical (unpaired) electrons. The van der Waals surface area contributed by atoms with Crippen molar-refractivity contribution in [3.05, 3.63) is 24.3 Å². The van der Waals surface area contributed by atoms with Crippen LogP contribution in [0.3, 0.4) is 0 Å². The molecule has 0 saturated heterocycles. The van der Waals surface area contributed by atoms with Gasteiger partial charge in [0.05, 0.1) is 13.2 Å². The van der Waals surface area contributed by atoms with E-state index >= 15 is 0 Å². The Balaban J connectivity index is 4.32. The normalized spacial score (nSPS) is 13.9. The maximum absolute atomic E-state index is 12.4. The first kappa shape index (κ1) is 41.5. The van der Waals surface area contributed by atoms with Gasteiger partial charge < -0.3 is 20.1 Å². The van der Waals surface area contributed by atoms with Gasteiger partial charge in [0, 0.05) is 19.4 Å². The molecule has 0 aliphatic rings. The predicted molar refractivity (Wildman–Crippen MR) is 174 cm³/mol. The lowest BCUT2D eigenvalue weighted by Crippen LogP contribution is -2.29. The number of hydrogen-bond acceptors (Lipinski definition) is 8. The second-order valence-electron chi connectivity index (χ2n) is 11.0. The number of carbonyl (C=O) groups excluding carboxylic acids is 2. The summed E-state index contributed by atoms with van der Waals surface area (Å²) in [6.45, 7) is 3.60. The highest BCUT2D eigenvalue weighted by Gasteiger charge is 2.25. The van der Waals surface area contributed by atoms with E-state index in [1.165, 1.54) is 25.7 Å². The summed E-state index contributed by atoms with van der Waals surface area (Å²) in [7, 11) is -4.36. The summed E-state index contributed by atoms with van der Waals surface area (Å²) >= 11 is 0. The first-order chi connectivity index (χ1) is 20.8. The fourth-order valence-corrected chi connectivity index (χ4v) is 5.01. The van der Waals surface area contributed by atoms with Crippen molar-refractivity contribution < 1.29 is 37.6 Å². The second kappa shape index (κ2) is 30.5. The molecule has 2 unspecified atom stereocenters. The smallest absolute Gasteiger partial charge is 0.462 e. The number of ether oxygens (including phenoxy) is 2. The third-order valence-electron chi connectivity index (χ3n) is 6.81. The molecule has 0 aromatic heterocycles. The van der Waals surface area contributed by atoms with Crippen molar-refractivity contribution in [3.63, 3.8) is 0 Å². The zero-order valence-corrected chi connectivity index (χ0v) is 28.1. The molecule has 3 N–H and O–H groups in total. The standard InChI is InChI=1S/C33H62NO8P/c1-3-5-7-9-11-13-15-17-19-21-23-25-32(35)39-29-31(30-41-43(37,38)40-28-27-34)42-33(36)26-24-22-20-18-16-14-12-10-8-6-4-2/h9-12,31H,3-8,13-30,34H2,1-2H3,(H,37,38)/b11-9-,12-10-. The van der Waals surface area contributed by atoms with Gasteiger partial charge in [0.25, 0.3) is 0 Å². The zero-order valence-electron chi connectivity index (χ0n) is 27.2. The highest BCUT2D eigenvalue weighted by Crippen LogP contribution is 2.43. The van der Waals surface area contributed by atoms with E-state index in [0.717, 1.165) is 83.5 Å². The summed E-state index contributed by atoms with van der Waals surface area (Å²) in [5.41, 5.74) is 5.31. The fraction of sp³-hybridized carbons (Fsp3) is 0.818. The van der Waals surface area contributed by atoms with Crippen LogP contribution in [0, 0.1) is 0 Å². The lowest BCUT2D eigenvalue weighted by atomic mass is 10.1. The zero-order chi connectivity index (χ0) is 31.9. The molecule has 0 saturated carbocycles. The number of phosphoric ester groups is 1. The van der Waals surface area contributed by atoms with Gasteiger partial charge in [-0.15, -0.1) is 0 Å². The average molecular weight is 632 g/mol. The van der Waals surface area contributed by atoms with Gasteiger partial charge in [-0.2, -0.15) is 0 Å². The number of nitrogens with two attached hydrogens (primary N) is 1. The molecule has 43 heavy (non-hydrogen) atoms.